The maximum absolute atomic E-state index is 5.78. The third-order valence-electron chi connectivity index (χ3n) is 3.02. The SMILES string of the molecule is CCSc1ccc(OCCc2ccnc3ncnn23)cc1. The molecule has 3 aromatic rings. The van der Waals surface area contributed by atoms with Gasteiger partial charge in [0.1, 0.15) is 12.1 Å². The molecule has 0 saturated heterocycles. The second-order valence-corrected chi connectivity index (χ2v) is 5.75. The van der Waals surface area contributed by atoms with Gasteiger partial charge in [-0.15, -0.1) is 11.8 Å². The Labute approximate surface area is 127 Å². The molecule has 108 valence electrons. The third-order valence-corrected chi connectivity index (χ3v) is 3.91. The first kappa shape index (κ1) is 13.9. The molecule has 3 rings (SSSR count). The van der Waals surface area contributed by atoms with Crippen molar-refractivity contribution in [1.82, 2.24) is 19.6 Å². The molecule has 0 bridgehead atoms. The Morgan fingerprint density at radius 2 is 2.00 bits per heavy atom. The van der Waals surface area contributed by atoms with Crippen LogP contribution in [-0.4, -0.2) is 31.9 Å². The Morgan fingerprint density at radius 1 is 1.14 bits per heavy atom. The number of ether oxygens (including phenoxy) is 1. The highest BCUT2D eigenvalue weighted by molar-refractivity contribution is 7.99. The number of nitrogens with zero attached hydrogens (tertiary/aromatic N) is 4. The lowest BCUT2D eigenvalue weighted by Gasteiger charge is -2.07. The minimum Gasteiger partial charge on any atom is -0.493 e. The van der Waals surface area contributed by atoms with Crippen LogP contribution < -0.4 is 4.74 Å². The Balaban J connectivity index is 1.59. The zero-order valence-corrected chi connectivity index (χ0v) is 12.6. The van der Waals surface area contributed by atoms with Gasteiger partial charge < -0.3 is 4.74 Å². The molecule has 0 unspecified atom stereocenters. The molecule has 0 aliphatic heterocycles. The van der Waals surface area contributed by atoms with Crippen molar-refractivity contribution in [2.24, 2.45) is 0 Å². The van der Waals surface area contributed by atoms with Crippen LogP contribution in [-0.2, 0) is 6.42 Å². The minimum absolute atomic E-state index is 0.596. The summed E-state index contributed by atoms with van der Waals surface area (Å²) in [6.07, 6.45) is 4.01. The van der Waals surface area contributed by atoms with Gasteiger partial charge in [-0.25, -0.2) is 9.50 Å². The summed E-state index contributed by atoms with van der Waals surface area (Å²) in [5, 5.41) is 4.16. The molecule has 0 N–H and O–H groups in total. The molecule has 2 aromatic heterocycles. The molecule has 0 radical (unpaired) electrons. The maximum atomic E-state index is 5.78. The van der Waals surface area contributed by atoms with E-state index in [1.165, 1.54) is 11.2 Å². The van der Waals surface area contributed by atoms with E-state index in [4.69, 9.17) is 4.74 Å². The molecule has 6 heteroatoms. The van der Waals surface area contributed by atoms with Gasteiger partial charge in [-0.3, -0.25) is 0 Å². The number of thioether (sulfide) groups is 1. The fourth-order valence-corrected chi connectivity index (χ4v) is 2.71. The van der Waals surface area contributed by atoms with Gasteiger partial charge in [-0.05, 0) is 36.1 Å². The summed E-state index contributed by atoms with van der Waals surface area (Å²) in [6, 6.07) is 10.1. The molecule has 1 aromatic carbocycles. The van der Waals surface area contributed by atoms with Crippen molar-refractivity contribution in [3.8, 4) is 5.75 Å². The Morgan fingerprint density at radius 3 is 2.81 bits per heavy atom. The molecular weight excluding hydrogens is 284 g/mol. The highest BCUT2D eigenvalue weighted by Gasteiger charge is 2.03. The predicted octanol–water partition coefficient (Wildman–Crippen LogP) is 2.86. The van der Waals surface area contributed by atoms with Crippen molar-refractivity contribution in [2.45, 2.75) is 18.2 Å². The van der Waals surface area contributed by atoms with Gasteiger partial charge in [0.2, 0.25) is 0 Å². The van der Waals surface area contributed by atoms with E-state index in [9.17, 15) is 0 Å². The quantitative estimate of drug-likeness (QED) is 0.655. The van der Waals surface area contributed by atoms with Crippen molar-refractivity contribution < 1.29 is 4.74 Å². The summed E-state index contributed by atoms with van der Waals surface area (Å²) in [6.45, 7) is 2.74. The molecule has 5 nitrogen and oxygen atoms in total. The van der Waals surface area contributed by atoms with Gasteiger partial charge in [0.25, 0.3) is 5.78 Å². The van der Waals surface area contributed by atoms with Crippen LogP contribution in [0.5, 0.6) is 5.75 Å². The van der Waals surface area contributed by atoms with Crippen LogP contribution in [0, 0.1) is 0 Å². The van der Waals surface area contributed by atoms with Crippen molar-refractivity contribution in [3.05, 3.63) is 48.5 Å². The first-order valence-corrected chi connectivity index (χ1v) is 7.84. The lowest BCUT2D eigenvalue weighted by Crippen LogP contribution is -2.07. The fourth-order valence-electron chi connectivity index (χ4n) is 2.05. The normalized spacial score (nSPS) is 10.9. The lowest BCUT2D eigenvalue weighted by molar-refractivity contribution is 0.319. The van der Waals surface area contributed by atoms with Crippen molar-refractivity contribution in [3.63, 3.8) is 0 Å². The average Bonchev–Trinajstić information content (AvgIpc) is 2.99. The summed E-state index contributed by atoms with van der Waals surface area (Å²) in [4.78, 5) is 9.48. The minimum atomic E-state index is 0.596. The van der Waals surface area contributed by atoms with Crippen LogP contribution in [0.15, 0.2) is 47.8 Å². The van der Waals surface area contributed by atoms with Gasteiger partial charge >= 0.3 is 0 Å². The van der Waals surface area contributed by atoms with E-state index in [1.807, 2.05) is 30.0 Å². The highest BCUT2D eigenvalue weighted by Crippen LogP contribution is 2.21. The monoisotopic (exact) mass is 300 g/mol. The number of fused-ring (bicyclic) bond motifs is 1. The summed E-state index contributed by atoms with van der Waals surface area (Å²) >= 11 is 1.83. The predicted molar refractivity (Wildman–Crippen MR) is 82.8 cm³/mol. The molecule has 2 heterocycles. The van der Waals surface area contributed by atoms with Crippen LogP contribution in [0.2, 0.25) is 0 Å². The van der Waals surface area contributed by atoms with E-state index >= 15 is 0 Å². The van der Waals surface area contributed by atoms with E-state index in [0.29, 0.717) is 12.4 Å². The molecule has 0 fully saturated rings. The van der Waals surface area contributed by atoms with Gasteiger partial charge in [0.15, 0.2) is 0 Å². The zero-order chi connectivity index (χ0) is 14.5. The van der Waals surface area contributed by atoms with Crippen molar-refractivity contribution in [2.75, 3.05) is 12.4 Å². The van der Waals surface area contributed by atoms with Gasteiger partial charge in [0.05, 0.1) is 12.3 Å². The van der Waals surface area contributed by atoms with E-state index < -0.39 is 0 Å². The lowest BCUT2D eigenvalue weighted by atomic mass is 10.3. The second-order valence-electron chi connectivity index (χ2n) is 4.41. The summed E-state index contributed by atoms with van der Waals surface area (Å²) in [5.74, 6) is 2.59. The second kappa shape index (κ2) is 6.58. The van der Waals surface area contributed by atoms with E-state index in [0.717, 1.165) is 23.6 Å². The Kier molecular flexibility index (Phi) is 4.35. The highest BCUT2D eigenvalue weighted by atomic mass is 32.2. The number of hydrogen-bond donors (Lipinski definition) is 0. The summed E-state index contributed by atoms with van der Waals surface area (Å²) < 4.78 is 7.52. The van der Waals surface area contributed by atoms with Gasteiger partial charge in [-0.1, -0.05) is 6.92 Å². The number of rotatable bonds is 6. The number of aromatic nitrogens is 4. The molecule has 21 heavy (non-hydrogen) atoms. The van der Waals surface area contributed by atoms with Crippen molar-refractivity contribution >= 4 is 17.5 Å². The van der Waals surface area contributed by atoms with Crippen LogP contribution in [0.4, 0.5) is 0 Å². The largest absolute Gasteiger partial charge is 0.493 e. The zero-order valence-electron chi connectivity index (χ0n) is 11.8. The topological polar surface area (TPSA) is 52.3 Å². The molecular formula is C15H16N4OS. The van der Waals surface area contributed by atoms with Gasteiger partial charge in [-0.2, -0.15) is 10.1 Å². The van der Waals surface area contributed by atoms with Crippen LogP contribution >= 0.6 is 11.8 Å². The van der Waals surface area contributed by atoms with E-state index in [1.54, 1.807) is 10.7 Å². The number of benzene rings is 1. The van der Waals surface area contributed by atoms with E-state index in [-0.39, 0.29) is 0 Å². The number of hydrogen-bond acceptors (Lipinski definition) is 5. The smallest absolute Gasteiger partial charge is 0.252 e. The fraction of sp³-hybridized carbons (Fsp3) is 0.267. The summed E-state index contributed by atoms with van der Waals surface area (Å²) in [7, 11) is 0. The standard InChI is InChI=1S/C15H16N4OS/c1-2-21-14-5-3-13(4-6-14)20-10-8-12-7-9-16-15-17-11-18-19(12)15/h3-7,9,11H,2,8,10H2,1H3. The Hall–Kier alpha value is -2.08. The first-order valence-electron chi connectivity index (χ1n) is 6.86. The molecule has 0 atom stereocenters. The van der Waals surface area contributed by atoms with Crippen LogP contribution in [0.3, 0.4) is 0 Å². The van der Waals surface area contributed by atoms with Crippen LogP contribution in [0.25, 0.3) is 5.78 Å². The van der Waals surface area contributed by atoms with E-state index in [2.05, 4.69) is 34.1 Å². The molecule has 0 aliphatic carbocycles. The maximum Gasteiger partial charge on any atom is 0.252 e. The first-order chi connectivity index (χ1) is 10.4. The van der Waals surface area contributed by atoms with Gasteiger partial charge in [0, 0.05) is 17.5 Å². The molecule has 0 aliphatic rings. The molecule has 0 amide bonds. The third kappa shape index (κ3) is 3.33. The average molecular weight is 300 g/mol. The Bertz CT molecular complexity index is 711. The van der Waals surface area contributed by atoms with Crippen molar-refractivity contribution in [1.29, 1.82) is 0 Å². The molecule has 0 saturated carbocycles. The molecule has 0 spiro atoms. The van der Waals surface area contributed by atoms with Crippen LogP contribution in [0.1, 0.15) is 12.6 Å². The summed E-state index contributed by atoms with van der Waals surface area (Å²) in [5.41, 5.74) is 1.04.